The quantitative estimate of drug-likeness (QED) is 0.687. The maximum atomic E-state index is 11.9. The maximum Gasteiger partial charge on any atom is 0.253 e. The summed E-state index contributed by atoms with van der Waals surface area (Å²) >= 11 is 6.89. The lowest BCUT2D eigenvalue weighted by atomic mass is 10.1. The minimum Gasteiger partial charge on any atom is -0.399 e. The Kier molecular flexibility index (Phi) is 4.67. The second-order valence-electron chi connectivity index (χ2n) is 4.13. The van der Waals surface area contributed by atoms with Gasteiger partial charge in [-0.2, -0.15) is 0 Å². The summed E-state index contributed by atoms with van der Waals surface area (Å²) in [6.07, 6.45) is 0. The van der Waals surface area contributed by atoms with Crippen LogP contribution < -0.4 is 16.4 Å². The standard InChI is InChI=1S/C14H13Br2N3O/c1-18-14(20)10-4-3-9(17)7-12(10)19-13-6-8(15)2-5-11(13)16/h2-7,19H,17H2,1H3,(H,18,20). The van der Waals surface area contributed by atoms with Gasteiger partial charge < -0.3 is 16.4 Å². The highest BCUT2D eigenvalue weighted by molar-refractivity contribution is 9.11. The van der Waals surface area contributed by atoms with Crippen molar-refractivity contribution < 1.29 is 4.79 Å². The SMILES string of the molecule is CNC(=O)c1ccc(N)cc1Nc1cc(Br)ccc1Br. The number of nitrogens with two attached hydrogens (primary N) is 1. The van der Waals surface area contributed by atoms with Gasteiger partial charge in [0, 0.05) is 21.7 Å². The molecule has 4 N–H and O–H groups in total. The molecule has 0 fully saturated rings. The molecule has 0 radical (unpaired) electrons. The van der Waals surface area contributed by atoms with Gasteiger partial charge in [-0.05, 0) is 52.3 Å². The Labute approximate surface area is 134 Å². The lowest BCUT2D eigenvalue weighted by molar-refractivity contribution is 0.0964. The first kappa shape index (κ1) is 14.9. The van der Waals surface area contributed by atoms with E-state index in [0.29, 0.717) is 16.9 Å². The number of hydrogen-bond donors (Lipinski definition) is 3. The average Bonchev–Trinajstić information content (AvgIpc) is 2.42. The highest BCUT2D eigenvalue weighted by Crippen LogP contribution is 2.31. The van der Waals surface area contributed by atoms with Crippen LogP contribution >= 0.6 is 31.9 Å². The molecule has 2 aromatic carbocycles. The Morgan fingerprint density at radius 2 is 1.85 bits per heavy atom. The van der Waals surface area contributed by atoms with Crippen LogP contribution in [0, 0.1) is 0 Å². The molecule has 0 aliphatic heterocycles. The number of nitrogens with one attached hydrogen (secondary N) is 2. The summed E-state index contributed by atoms with van der Waals surface area (Å²) in [5.41, 5.74) is 8.42. The van der Waals surface area contributed by atoms with E-state index in [9.17, 15) is 4.79 Å². The van der Waals surface area contributed by atoms with E-state index >= 15 is 0 Å². The smallest absolute Gasteiger partial charge is 0.253 e. The van der Waals surface area contributed by atoms with Crippen LogP contribution in [0.15, 0.2) is 45.3 Å². The molecule has 0 bridgehead atoms. The molecule has 0 aliphatic carbocycles. The molecule has 20 heavy (non-hydrogen) atoms. The second kappa shape index (κ2) is 6.28. The molecular weight excluding hydrogens is 386 g/mol. The molecule has 6 heteroatoms. The third kappa shape index (κ3) is 3.32. The first-order valence-electron chi connectivity index (χ1n) is 5.85. The number of amides is 1. The third-order valence-electron chi connectivity index (χ3n) is 2.71. The van der Waals surface area contributed by atoms with Gasteiger partial charge in [0.2, 0.25) is 0 Å². The summed E-state index contributed by atoms with van der Waals surface area (Å²) < 4.78 is 1.83. The van der Waals surface area contributed by atoms with Crippen LogP contribution in [0.25, 0.3) is 0 Å². The van der Waals surface area contributed by atoms with Crippen molar-refractivity contribution in [1.82, 2.24) is 5.32 Å². The Morgan fingerprint density at radius 3 is 2.55 bits per heavy atom. The molecule has 4 nitrogen and oxygen atoms in total. The summed E-state index contributed by atoms with van der Waals surface area (Å²) in [6, 6.07) is 10.9. The molecule has 0 unspecified atom stereocenters. The zero-order valence-corrected chi connectivity index (χ0v) is 13.9. The average molecular weight is 399 g/mol. The number of nitrogen functional groups attached to an aromatic ring is 1. The van der Waals surface area contributed by atoms with Gasteiger partial charge in [0.25, 0.3) is 5.91 Å². The van der Waals surface area contributed by atoms with Crippen molar-refractivity contribution in [2.45, 2.75) is 0 Å². The number of rotatable bonds is 3. The summed E-state index contributed by atoms with van der Waals surface area (Å²) in [6.45, 7) is 0. The van der Waals surface area contributed by atoms with E-state index in [-0.39, 0.29) is 5.91 Å². The molecule has 0 atom stereocenters. The number of carbonyl (C=O) groups is 1. The summed E-state index contributed by atoms with van der Waals surface area (Å²) in [4.78, 5) is 11.9. The largest absolute Gasteiger partial charge is 0.399 e. The molecule has 2 rings (SSSR count). The van der Waals surface area contributed by atoms with E-state index in [1.807, 2.05) is 18.2 Å². The van der Waals surface area contributed by atoms with E-state index < -0.39 is 0 Å². The first-order valence-corrected chi connectivity index (χ1v) is 7.43. The van der Waals surface area contributed by atoms with Crippen LogP contribution in [0.3, 0.4) is 0 Å². The lowest BCUT2D eigenvalue weighted by Gasteiger charge is -2.13. The van der Waals surface area contributed by atoms with Crippen LogP contribution in [0.1, 0.15) is 10.4 Å². The fraction of sp³-hybridized carbons (Fsp3) is 0.0714. The van der Waals surface area contributed by atoms with Crippen LogP contribution in [-0.2, 0) is 0 Å². The van der Waals surface area contributed by atoms with Crippen molar-refractivity contribution in [3.63, 3.8) is 0 Å². The van der Waals surface area contributed by atoms with Crippen LogP contribution in [-0.4, -0.2) is 13.0 Å². The summed E-state index contributed by atoms with van der Waals surface area (Å²) in [7, 11) is 1.59. The Bertz CT molecular complexity index is 659. The van der Waals surface area contributed by atoms with Gasteiger partial charge in [0.1, 0.15) is 0 Å². The minimum atomic E-state index is -0.168. The topological polar surface area (TPSA) is 67.2 Å². The van der Waals surface area contributed by atoms with Crippen molar-refractivity contribution in [2.75, 3.05) is 18.1 Å². The first-order chi connectivity index (χ1) is 9.51. The highest BCUT2D eigenvalue weighted by atomic mass is 79.9. The predicted molar refractivity (Wildman–Crippen MR) is 89.4 cm³/mol. The summed E-state index contributed by atoms with van der Waals surface area (Å²) in [5.74, 6) is -0.168. The van der Waals surface area contributed by atoms with Crippen molar-refractivity contribution >= 4 is 54.8 Å². The zero-order chi connectivity index (χ0) is 14.7. The van der Waals surface area contributed by atoms with Gasteiger partial charge in [-0.3, -0.25) is 4.79 Å². The van der Waals surface area contributed by atoms with Gasteiger partial charge in [-0.25, -0.2) is 0 Å². The van der Waals surface area contributed by atoms with Crippen molar-refractivity contribution in [3.8, 4) is 0 Å². The zero-order valence-electron chi connectivity index (χ0n) is 10.7. The maximum absolute atomic E-state index is 11.9. The van der Waals surface area contributed by atoms with Crippen molar-refractivity contribution in [2.24, 2.45) is 0 Å². The Morgan fingerprint density at radius 1 is 1.10 bits per heavy atom. The lowest BCUT2D eigenvalue weighted by Crippen LogP contribution is -2.19. The number of carbonyl (C=O) groups excluding carboxylic acids is 1. The minimum absolute atomic E-state index is 0.168. The molecule has 0 saturated carbocycles. The normalized spacial score (nSPS) is 10.2. The molecule has 0 heterocycles. The number of anilines is 3. The van der Waals surface area contributed by atoms with Crippen LogP contribution in [0.4, 0.5) is 17.1 Å². The van der Waals surface area contributed by atoms with Crippen LogP contribution in [0.2, 0.25) is 0 Å². The molecular formula is C14H13Br2N3O. The number of benzene rings is 2. The highest BCUT2D eigenvalue weighted by Gasteiger charge is 2.11. The fourth-order valence-electron chi connectivity index (χ4n) is 1.74. The van der Waals surface area contributed by atoms with E-state index in [1.54, 1.807) is 25.2 Å². The van der Waals surface area contributed by atoms with Crippen molar-refractivity contribution in [3.05, 3.63) is 50.9 Å². The van der Waals surface area contributed by atoms with Gasteiger partial charge >= 0.3 is 0 Å². The van der Waals surface area contributed by atoms with E-state index in [0.717, 1.165) is 14.6 Å². The molecule has 2 aromatic rings. The Balaban J connectivity index is 2.44. The van der Waals surface area contributed by atoms with Gasteiger partial charge in [-0.1, -0.05) is 15.9 Å². The summed E-state index contributed by atoms with van der Waals surface area (Å²) in [5, 5.41) is 5.83. The molecule has 1 amide bonds. The monoisotopic (exact) mass is 397 g/mol. The molecule has 0 aromatic heterocycles. The van der Waals surface area contributed by atoms with E-state index in [1.165, 1.54) is 0 Å². The molecule has 0 spiro atoms. The fourth-order valence-corrected chi connectivity index (χ4v) is 2.44. The molecule has 0 saturated heterocycles. The van der Waals surface area contributed by atoms with Gasteiger partial charge in [-0.15, -0.1) is 0 Å². The van der Waals surface area contributed by atoms with E-state index in [2.05, 4.69) is 42.5 Å². The third-order valence-corrected chi connectivity index (χ3v) is 3.90. The van der Waals surface area contributed by atoms with Crippen molar-refractivity contribution in [1.29, 1.82) is 0 Å². The van der Waals surface area contributed by atoms with Gasteiger partial charge in [0.05, 0.1) is 16.9 Å². The second-order valence-corrected chi connectivity index (χ2v) is 5.90. The van der Waals surface area contributed by atoms with E-state index in [4.69, 9.17) is 5.73 Å². The number of hydrogen-bond acceptors (Lipinski definition) is 3. The number of halogens is 2. The van der Waals surface area contributed by atoms with Crippen LogP contribution in [0.5, 0.6) is 0 Å². The van der Waals surface area contributed by atoms with Gasteiger partial charge in [0.15, 0.2) is 0 Å². The predicted octanol–water partition coefficient (Wildman–Crippen LogP) is 3.90. The Hall–Kier alpha value is -1.53. The molecule has 0 aliphatic rings. The molecule has 104 valence electrons.